The zero-order valence-electron chi connectivity index (χ0n) is 11.0. The molecule has 0 aromatic heterocycles. The van der Waals surface area contributed by atoms with Gasteiger partial charge in [-0.3, -0.25) is 9.59 Å². The van der Waals surface area contributed by atoms with E-state index < -0.39 is 0 Å². The highest BCUT2D eigenvalue weighted by Crippen LogP contribution is 2.31. The summed E-state index contributed by atoms with van der Waals surface area (Å²) in [5.74, 6) is 1.12. The van der Waals surface area contributed by atoms with Crippen LogP contribution in [0.5, 0.6) is 0 Å². The lowest BCUT2D eigenvalue weighted by Crippen LogP contribution is -2.42. The molecule has 0 aromatic rings. The predicted octanol–water partition coefficient (Wildman–Crippen LogP) is 2.54. The maximum atomic E-state index is 12.1. The van der Waals surface area contributed by atoms with E-state index in [4.69, 9.17) is 0 Å². The third-order valence-corrected chi connectivity index (χ3v) is 4.24. The highest BCUT2D eigenvalue weighted by atomic mass is 16.2. The van der Waals surface area contributed by atoms with Crippen LogP contribution in [0, 0.1) is 5.92 Å². The summed E-state index contributed by atoms with van der Waals surface area (Å²) in [6.07, 6.45) is 7.38. The van der Waals surface area contributed by atoms with Crippen LogP contribution in [0.25, 0.3) is 0 Å². The van der Waals surface area contributed by atoms with Gasteiger partial charge in [0.15, 0.2) is 5.78 Å². The summed E-state index contributed by atoms with van der Waals surface area (Å²) in [5.41, 5.74) is -0.260. The van der Waals surface area contributed by atoms with Gasteiger partial charge in [0.25, 0.3) is 0 Å². The molecular weight excluding hydrogens is 214 g/mol. The van der Waals surface area contributed by atoms with Crippen molar-refractivity contribution in [2.24, 2.45) is 5.92 Å². The number of ketones is 1. The molecule has 0 atom stereocenters. The summed E-state index contributed by atoms with van der Waals surface area (Å²) in [5, 5.41) is 0. The average Bonchev–Trinajstić information content (AvgIpc) is 2.82. The minimum atomic E-state index is -0.260. The van der Waals surface area contributed by atoms with Gasteiger partial charge in [0.1, 0.15) is 0 Å². The quantitative estimate of drug-likeness (QED) is 0.756. The molecule has 0 unspecified atom stereocenters. The van der Waals surface area contributed by atoms with Gasteiger partial charge in [0.2, 0.25) is 5.91 Å². The Morgan fingerprint density at radius 1 is 1.35 bits per heavy atom. The Hall–Kier alpha value is -0.860. The van der Waals surface area contributed by atoms with Crippen molar-refractivity contribution in [3.05, 3.63) is 0 Å². The first-order valence-corrected chi connectivity index (χ1v) is 6.81. The third-order valence-electron chi connectivity index (χ3n) is 4.24. The number of amides is 1. The molecule has 3 heteroatoms. The van der Waals surface area contributed by atoms with Crippen LogP contribution in [0.15, 0.2) is 0 Å². The summed E-state index contributed by atoms with van der Waals surface area (Å²) in [6, 6.07) is 0. The molecule has 96 valence electrons. The number of carbonyl (C=O) groups is 2. The van der Waals surface area contributed by atoms with Crippen molar-refractivity contribution in [2.45, 2.75) is 64.3 Å². The van der Waals surface area contributed by atoms with Gasteiger partial charge in [0.05, 0.1) is 6.54 Å². The normalized spacial score (nSPS) is 24.6. The number of likely N-dealkylation sites (tertiary alicyclic amines) is 1. The fourth-order valence-corrected chi connectivity index (χ4v) is 3.21. The van der Waals surface area contributed by atoms with Crippen LogP contribution in [0.3, 0.4) is 0 Å². The van der Waals surface area contributed by atoms with Crippen LogP contribution in [0.1, 0.15) is 58.8 Å². The third kappa shape index (κ3) is 2.88. The predicted molar refractivity (Wildman–Crippen MR) is 66.6 cm³/mol. The molecule has 0 bridgehead atoms. The maximum Gasteiger partial charge on any atom is 0.223 e. The molecule has 17 heavy (non-hydrogen) atoms. The lowest BCUT2D eigenvalue weighted by Gasteiger charge is -2.31. The number of nitrogens with zero attached hydrogens (tertiary/aromatic N) is 1. The second-order valence-electron chi connectivity index (χ2n) is 6.20. The van der Waals surface area contributed by atoms with E-state index in [1.807, 2.05) is 13.8 Å². The Bertz CT molecular complexity index is 316. The molecular formula is C14H23NO2. The first kappa shape index (κ1) is 12.6. The molecule has 1 amide bonds. The molecule has 0 N–H and O–H groups in total. The van der Waals surface area contributed by atoms with Crippen LogP contribution in [0.4, 0.5) is 0 Å². The Labute approximate surface area is 104 Å². The van der Waals surface area contributed by atoms with Crippen molar-refractivity contribution in [2.75, 3.05) is 6.54 Å². The molecule has 0 radical (unpaired) electrons. The Balaban J connectivity index is 1.84. The number of Topliss-reactive ketones (excluding diaryl/α,β-unsaturated/α-hetero) is 1. The van der Waals surface area contributed by atoms with Crippen molar-refractivity contribution >= 4 is 11.7 Å². The number of hydrogen-bond donors (Lipinski definition) is 0. The van der Waals surface area contributed by atoms with Crippen molar-refractivity contribution < 1.29 is 9.59 Å². The second kappa shape index (κ2) is 4.79. The molecule has 0 aromatic carbocycles. The van der Waals surface area contributed by atoms with Crippen LogP contribution in [-0.2, 0) is 9.59 Å². The van der Waals surface area contributed by atoms with Gasteiger partial charge >= 0.3 is 0 Å². The van der Waals surface area contributed by atoms with Crippen molar-refractivity contribution in [3.8, 4) is 0 Å². The van der Waals surface area contributed by atoms with Gasteiger partial charge in [-0.2, -0.15) is 0 Å². The molecule has 2 fully saturated rings. The Morgan fingerprint density at radius 2 is 2.00 bits per heavy atom. The Morgan fingerprint density at radius 3 is 2.53 bits per heavy atom. The van der Waals surface area contributed by atoms with E-state index in [0.29, 0.717) is 19.4 Å². The first-order chi connectivity index (χ1) is 7.99. The van der Waals surface area contributed by atoms with E-state index in [9.17, 15) is 9.59 Å². The monoisotopic (exact) mass is 237 g/mol. The Kier molecular flexibility index (Phi) is 3.55. The number of carbonyl (C=O) groups excluding carboxylic acids is 2. The first-order valence-electron chi connectivity index (χ1n) is 6.81. The summed E-state index contributed by atoms with van der Waals surface area (Å²) in [4.78, 5) is 25.4. The lowest BCUT2D eigenvalue weighted by molar-refractivity contribution is -0.135. The summed E-state index contributed by atoms with van der Waals surface area (Å²) >= 11 is 0. The van der Waals surface area contributed by atoms with Gasteiger partial charge in [-0.1, -0.05) is 25.7 Å². The molecule has 1 saturated carbocycles. The van der Waals surface area contributed by atoms with Crippen LogP contribution < -0.4 is 0 Å². The highest BCUT2D eigenvalue weighted by molar-refractivity contribution is 5.91. The molecule has 0 spiro atoms. The molecule has 1 saturated heterocycles. The smallest absolute Gasteiger partial charge is 0.223 e. The minimum absolute atomic E-state index is 0.174. The fraction of sp³-hybridized carbons (Fsp3) is 0.857. The van der Waals surface area contributed by atoms with Gasteiger partial charge in [0, 0.05) is 18.4 Å². The van der Waals surface area contributed by atoms with Crippen LogP contribution in [-0.4, -0.2) is 28.7 Å². The molecule has 2 aliphatic rings. The maximum absolute atomic E-state index is 12.1. The van der Waals surface area contributed by atoms with E-state index in [-0.39, 0.29) is 17.2 Å². The standard InChI is InChI=1S/C14H23NO2/c1-14(2)9-12(16)10-15(14)13(17)8-7-11-5-3-4-6-11/h11H,3-10H2,1-2H3. The van der Waals surface area contributed by atoms with E-state index in [1.54, 1.807) is 4.90 Å². The van der Waals surface area contributed by atoms with E-state index >= 15 is 0 Å². The molecule has 1 aliphatic heterocycles. The van der Waals surface area contributed by atoms with E-state index in [0.717, 1.165) is 12.3 Å². The van der Waals surface area contributed by atoms with E-state index in [1.165, 1.54) is 25.7 Å². The molecule has 1 aliphatic carbocycles. The van der Waals surface area contributed by atoms with E-state index in [2.05, 4.69) is 0 Å². The van der Waals surface area contributed by atoms with Crippen molar-refractivity contribution in [1.82, 2.24) is 4.90 Å². The summed E-state index contributed by atoms with van der Waals surface area (Å²) in [7, 11) is 0. The number of rotatable bonds is 3. The zero-order chi connectivity index (χ0) is 12.5. The molecule has 1 heterocycles. The molecule has 3 nitrogen and oxygen atoms in total. The van der Waals surface area contributed by atoms with Crippen LogP contribution >= 0.6 is 0 Å². The molecule has 2 rings (SSSR count). The lowest BCUT2D eigenvalue weighted by atomic mass is 9.99. The average molecular weight is 237 g/mol. The van der Waals surface area contributed by atoms with Gasteiger partial charge in [-0.15, -0.1) is 0 Å². The van der Waals surface area contributed by atoms with Crippen LogP contribution in [0.2, 0.25) is 0 Å². The summed E-state index contributed by atoms with van der Waals surface area (Å²) in [6.45, 7) is 4.31. The van der Waals surface area contributed by atoms with Crippen molar-refractivity contribution in [1.29, 1.82) is 0 Å². The highest BCUT2D eigenvalue weighted by Gasteiger charge is 2.39. The van der Waals surface area contributed by atoms with Crippen molar-refractivity contribution in [3.63, 3.8) is 0 Å². The zero-order valence-corrected chi connectivity index (χ0v) is 11.0. The largest absolute Gasteiger partial charge is 0.330 e. The SMILES string of the molecule is CC1(C)CC(=O)CN1C(=O)CCC1CCCC1. The van der Waals surface area contributed by atoms with Gasteiger partial charge < -0.3 is 4.90 Å². The van der Waals surface area contributed by atoms with Gasteiger partial charge in [-0.25, -0.2) is 0 Å². The second-order valence-corrected chi connectivity index (χ2v) is 6.20. The topological polar surface area (TPSA) is 37.4 Å². The summed E-state index contributed by atoms with van der Waals surface area (Å²) < 4.78 is 0. The van der Waals surface area contributed by atoms with Gasteiger partial charge in [-0.05, 0) is 26.2 Å². The number of hydrogen-bond acceptors (Lipinski definition) is 2. The fourth-order valence-electron chi connectivity index (χ4n) is 3.21. The minimum Gasteiger partial charge on any atom is -0.330 e.